The Morgan fingerprint density at radius 2 is 2.00 bits per heavy atom. The number of aryl methyl sites for hydroxylation is 1. The molecule has 4 nitrogen and oxygen atoms in total. The number of hydrogen-bond donors (Lipinski definition) is 1. The van der Waals surface area contributed by atoms with E-state index < -0.39 is 17.6 Å². The molecule has 0 atom stereocenters. The molecule has 1 aromatic heterocycles. The fourth-order valence-electron chi connectivity index (χ4n) is 1.35. The highest BCUT2D eigenvalue weighted by atomic mass is 19.1. The summed E-state index contributed by atoms with van der Waals surface area (Å²) in [5.41, 5.74) is -0.125. The van der Waals surface area contributed by atoms with Gasteiger partial charge in [-0.05, 0) is 18.6 Å². The maximum absolute atomic E-state index is 13.5. The highest BCUT2D eigenvalue weighted by molar-refractivity contribution is 5.86. The number of carbonyl (C=O) groups is 1. The summed E-state index contributed by atoms with van der Waals surface area (Å²) in [5.74, 6) is -2.84. The monoisotopic (exact) mass is 239 g/mol. The maximum Gasteiger partial charge on any atom is 0.358 e. The minimum atomic E-state index is -1.28. The van der Waals surface area contributed by atoms with Crippen LogP contribution in [0.1, 0.15) is 16.1 Å². The smallest absolute Gasteiger partial charge is 0.358 e. The van der Waals surface area contributed by atoms with Gasteiger partial charge in [0.25, 0.3) is 0 Å². The van der Waals surface area contributed by atoms with Gasteiger partial charge < -0.3 is 9.63 Å². The molecule has 17 heavy (non-hydrogen) atoms. The zero-order valence-corrected chi connectivity index (χ0v) is 8.70. The average Bonchev–Trinajstić information content (AvgIpc) is 2.72. The predicted octanol–water partition coefficient (Wildman–Crippen LogP) is 2.63. The first-order chi connectivity index (χ1) is 7.99. The van der Waals surface area contributed by atoms with Crippen molar-refractivity contribution in [2.24, 2.45) is 0 Å². The van der Waals surface area contributed by atoms with Crippen LogP contribution in [0.25, 0.3) is 11.3 Å². The van der Waals surface area contributed by atoms with Gasteiger partial charge in [0, 0.05) is 12.1 Å². The van der Waals surface area contributed by atoms with E-state index in [1.165, 1.54) is 13.0 Å². The van der Waals surface area contributed by atoms with Gasteiger partial charge in [0.2, 0.25) is 0 Å². The molecule has 0 aliphatic heterocycles. The third-order valence-electron chi connectivity index (χ3n) is 2.24. The molecule has 1 N–H and O–H groups in total. The minimum absolute atomic E-state index is 0.0242. The molecule has 0 amide bonds. The van der Waals surface area contributed by atoms with Crippen LogP contribution in [0.3, 0.4) is 0 Å². The third-order valence-corrected chi connectivity index (χ3v) is 2.24. The molecule has 0 aliphatic rings. The molecule has 88 valence electrons. The fourth-order valence-corrected chi connectivity index (χ4v) is 1.35. The summed E-state index contributed by atoms with van der Waals surface area (Å²) in [5, 5.41) is 11.9. The van der Waals surface area contributed by atoms with Crippen molar-refractivity contribution in [3.8, 4) is 11.3 Å². The largest absolute Gasteiger partial charge is 0.476 e. The van der Waals surface area contributed by atoms with E-state index in [1.807, 2.05) is 0 Å². The fraction of sp³-hybridized carbons (Fsp3) is 0.0909. The van der Waals surface area contributed by atoms with E-state index in [9.17, 15) is 13.6 Å². The van der Waals surface area contributed by atoms with Crippen molar-refractivity contribution in [1.29, 1.82) is 0 Å². The van der Waals surface area contributed by atoms with Gasteiger partial charge in [0.15, 0.2) is 11.5 Å². The Kier molecular flexibility index (Phi) is 2.63. The Labute approximate surface area is 94.5 Å². The third kappa shape index (κ3) is 2.01. The second kappa shape index (κ2) is 3.97. The van der Waals surface area contributed by atoms with Crippen molar-refractivity contribution in [1.82, 2.24) is 5.16 Å². The van der Waals surface area contributed by atoms with Gasteiger partial charge in [-0.15, -0.1) is 0 Å². The molecular formula is C11H7F2NO3. The van der Waals surface area contributed by atoms with Crippen LogP contribution in [-0.4, -0.2) is 16.2 Å². The van der Waals surface area contributed by atoms with Crippen molar-refractivity contribution in [3.63, 3.8) is 0 Å². The van der Waals surface area contributed by atoms with Crippen LogP contribution < -0.4 is 0 Å². The molecule has 0 bridgehead atoms. The quantitative estimate of drug-likeness (QED) is 0.874. The summed E-state index contributed by atoms with van der Waals surface area (Å²) in [6, 6.07) is 3.03. The second-order valence-corrected chi connectivity index (χ2v) is 3.46. The van der Waals surface area contributed by atoms with Gasteiger partial charge >= 0.3 is 5.97 Å². The number of aromatic nitrogens is 1. The summed E-state index contributed by atoms with van der Waals surface area (Å²) in [6.45, 7) is 1.47. The Morgan fingerprint density at radius 1 is 1.29 bits per heavy atom. The van der Waals surface area contributed by atoms with Crippen LogP contribution in [0.5, 0.6) is 0 Å². The zero-order valence-electron chi connectivity index (χ0n) is 8.70. The number of halogens is 2. The number of aromatic carboxylic acids is 1. The summed E-state index contributed by atoms with van der Waals surface area (Å²) >= 11 is 0. The van der Waals surface area contributed by atoms with Gasteiger partial charge in [0.05, 0.1) is 5.56 Å². The number of benzene rings is 1. The first kappa shape index (κ1) is 11.3. The van der Waals surface area contributed by atoms with Crippen LogP contribution in [0, 0.1) is 18.6 Å². The molecule has 0 aliphatic carbocycles. The molecular weight excluding hydrogens is 232 g/mol. The van der Waals surface area contributed by atoms with Crippen LogP contribution in [-0.2, 0) is 0 Å². The molecule has 0 unspecified atom stereocenters. The van der Waals surface area contributed by atoms with Crippen LogP contribution >= 0.6 is 0 Å². The molecule has 2 rings (SSSR count). The number of carboxylic acid groups (broad SMARTS) is 1. The molecule has 0 radical (unpaired) electrons. The Morgan fingerprint density at radius 3 is 2.59 bits per heavy atom. The maximum atomic E-state index is 13.5. The van der Waals surface area contributed by atoms with Gasteiger partial charge in [0.1, 0.15) is 11.6 Å². The lowest BCUT2D eigenvalue weighted by Gasteiger charge is -2.01. The number of nitrogens with zero attached hydrogens (tertiary/aromatic N) is 1. The Hall–Kier alpha value is -2.24. The highest BCUT2D eigenvalue weighted by Gasteiger charge is 2.16. The van der Waals surface area contributed by atoms with Crippen molar-refractivity contribution >= 4 is 5.97 Å². The van der Waals surface area contributed by atoms with Crippen LogP contribution in [0.15, 0.2) is 22.7 Å². The number of hydrogen-bond acceptors (Lipinski definition) is 3. The Bertz CT molecular complexity index is 592. The van der Waals surface area contributed by atoms with Crippen molar-refractivity contribution in [3.05, 3.63) is 41.1 Å². The Balaban J connectivity index is 2.52. The van der Waals surface area contributed by atoms with Gasteiger partial charge in [-0.1, -0.05) is 5.16 Å². The summed E-state index contributed by atoms with van der Waals surface area (Å²) in [6.07, 6.45) is 0. The molecule has 1 heterocycles. The minimum Gasteiger partial charge on any atom is -0.476 e. The number of rotatable bonds is 2. The van der Waals surface area contributed by atoms with E-state index in [2.05, 4.69) is 5.16 Å². The van der Waals surface area contributed by atoms with Crippen molar-refractivity contribution in [2.45, 2.75) is 6.92 Å². The van der Waals surface area contributed by atoms with E-state index in [0.29, 0.717) is 6.07 Å². The van der Waals surface area contributed by atoms with E-state index in [1.54, 1.807) is 0 Å². The molecule has 0 fully saturated rings. The molecule has 1 aromatic carbocycles. The molecule has 0 saturated heterocycles. The average molecular weight is 239 g/mol. The summed E-state index contributed by atoms with van der Waals surface area (Å²) in [7, 11) is 0. The molecule has 0 spiro atoms. The second-order valence-electron chi connectivity index (χ2n) is 3.46. The summed E-state index contributed by atoms with van der Waals surface area (Å²) < 4.78 is 31.2. The standard InChI is InChI=1S/C11H7F2NO3/c1-5-2-6(8(13)3-7(5)12)10-4-9(11(15)16)14-17-10/h2-4H,1H3,(H,15,16). The van der Waals surface area contributed by atoms with E-state index in [4.69, 9.17) is 9.63 Å². The predicted molar refractivity (Wildman–Crippen MR) is 53.6 cm³/mol. The topological polar surface area (TPSA) is 63.3 Å². The lowest BCUT2D eigenvalue weighted by molar-refractivity contribution is 0.0686. The van der Waals surface area contributed by atoms with Crippen LogP contribution in [0.4, 0.5) is 8.78 Å². The lowest BCUT2D eigenvalue weighted by atomic mass is 10.1. The highest BCUT2D eigenvalue weighted by Crippen LogP contribution is 2.26. The van der Waals surface area contributed by atoms with Gasteiger partial charge in [-0.2, -0.15) is 0 Å². The van der Waals surface area contributed by atoms with Crippen molar-refractivity contribution in [2.75, 3.05) is 0 Å². The van der Waals surface area contributed by atoms with Gasteiger partial charge in [-0.25, -0.2) is 13.6 Å². The summed E-state index contributed by atoms with van der Waals surface area (Å²) in [4.78, 5) is 10.6. The van der Waals surface area contributed by atoms with Crippen molar-refractivity contribution < 1.29 is 23.2 Å². The molecule has 6 heteroatoms. The van der Waals surface area contributed by atoms with E-state index >= 15 is 0 Å². The SMILES string of the molecule is Cc1cc(-c2cc(C(=O)O)no2)c(F)cc1F. The lowest BCUT2D eigenvalue weighted by Crippen LogP contribution is -1.94. The first-order valence-electron chi connectivity index (χ1n) is 4.65. The number of carboxylic acids is 1. The normalized spacial score (nSPS) is 10.5. The zero-order chi connectivity index (χ0) is 12.6. The van der Waals surface area contributed by atoms with E-state index in [0.717, 1.165) is 6.07 Å². The van der Waals surface area contributed by atoms with Gasteiger partial charge in [-0.3, -0.25) is 0 Å². The molecule has 0 saturated carbocycles. The first-order valence-corrected chi connectivity index (χ1v) is 4.65. The van der Waals surface area contributed by atoms with Crippen LogP contribution in [0.2, 0.25) is 0 Å². The molecule has 2 aromatic rings. The van der Waals surface area contributed by atoms with E-state index in [-0.39, 0.29) is 22.6 Å².